The second-order valence-electron chi connectivity index (χ2n) is 3.80. The third kappa shape index (κ3) is 3.18. The van der Waals surface area contributed by atoms with Gasteiger partial charge >= 0.3 is 0 Å². The first-order valence-corrected chi connectivity index (χ1v) is 6.50. The van der Waals surface area contributed by atoms with E-state index in [1.807, 2.05) is 15.8 Å². The zero-order chi connectivity index (χ0) is 11.4. The zero-order valence-corrected chi connectivity index (χ0v) is 11.2. The van der Waals surface area contributed by atoms with Gasteiger partial charge in [0.1, 0.15) is 0 Å². The van der Waals surface area contributed by atoms with Crippen LogP contribution in [0.25, 0.3) is 0 Å². The first-order valence-electron chi connectivity index (χ1n) is 5.42. The van der Waals surface area contributed by atoms with Gasteiger partial charge in [0.05, 0.1) is 9.77 Å². The molecule has 88 valence electrons. The van der Waals surface area contributed by atoms with E-state index < -0.39 is 0 Å². The van der Waals surface area contributed by atoms with Gasteiger partial charge in [0.15, 0.2) is 0 Å². The number of halogens is 1. The molecule has 0 aromatic carbocycles. The molecule has 6 heteroatoms. The molecule has 1 fully saturated rings. The average Bonchev–Trinajstić information content (AvgIpc) is 2.73. The largest absolute Gasteiger partial charge is 0.340 e. The molecule has 0 spiro atoms. The summed E-state index contributed by atoms with van der Waals surface area (Å²) in [6.07, 6.45) is 4.29. The van der Waals surface area contributed by atoms with Crippen molar-refractivity contribution in [3.8, 4) is 0 Å². The molecule has 1 aromatic rings. The molecular formula is C10H15IN4O. The van der Waals surface area contributed by atoms with Gasteiger partial charge in [-0.25, -0.2) is 0 Å². The van der Waals surface area contributed by atoms with Crippen molar-refractivity contribution in [2.24, 2.45) is 0 Å². The fourth-order valence-corrected chi connectivity index (χ4v) is 2.19. The molecule has 1 saturated heterocycles. The van der Waals surface area contributed by atoms with Crippen molar-refractivity contribution in [1.82, 2.24) is 20.0 Å². The van der Waals surface area contributed by atoms with E-state index >= 15 is 0 Å². The monoisotopic (exact) mass is 334 g/mol. The van der Waals surface area contributed by atoms with Crippen LogP contribution in [0, 0.1) is 3.57 Å². The Labute approximate surface area is 108 Å². The van der Waals surface area contributed by atoms with Crippen molar-refractivity contribution < 1.29 is 4.79 Å². The molecule has 1 N–H and O–H groups in total. The Balaban J connectivity index is 1.78. The van der Waals surface area contributed by atoms with E-state index in [0.717, 1.165) is 29.7 Å². The van der Waals surface area contributed by atoms with Gasteiger partial charge in [-0.3, -0.25) is 9.48 Å². The van der Waals surface area contributed by atoms with E-state index in [1.165, 1.54) is 0 Å². The topological polar surface area (TPSA) is 50.2 Å². The summed E-state index contributed by atoms with van der Waals surface area (Å²) >= 11 is 2.21. The summed E-state index contributed by atoms with van der Waals surface area (Å²) in [6, 6.07) is 0. The smallest absolute Gasteiger partial charge is 0.224 e. The zero-order valence-electron chi connectivity index (χ0n) is 9.03. The van der Waals surface area contributed by atoms with Crippen molar-refractivity contribution in [3.05, 3.63) is 16.0 Å². The van der Waals surface area contributed by atoms with Crippen LogP contribution >= 0.6 is 22.6 Å². The Kier molecular flexibility index (Phi) is 4.16. The van der Waals surface area contributed by atoms with Crippen molar-refractivity contribution in [1.29, 1.82) is 0 Å². The molecule has 1 aromatic heterocycles. The van der Waals surface area contributed by atoms with Gasteiger partial charge < -0.3 is 10.2 Å². The average molecular weight is 334 g/mol. The number of nitrogens with one attached hydrogen (secondary N) is 1. The maximum absolute atomic E-state index is 11.8. The van der Waals surface area contributed by atoms with Crippen LogP contribution in [0.4, 0.5) is 0 Å². The van der Waals surface area contributed by atoms with Gasteiger partial charge in [-0.05, 0) is 22.6 Å². The highest BCUT2D eigenvalue weighted by atomic mass is 127. The lowest BCUT2D eigenvalue weighted by atomic mass is 10.3. The highest BCUT2D eigenvalue weighted by molar-refractivity contribution is 14.1. The lowest BCUT2D eigenvalue weighted by Gasteiger charge is -2.27. The highest BCUT2D eigenvalue weighted by Gasteiger charge is 2.15. The summed E-state index contributed by atoms with van der Waals surface area (Å²) in [5, 5.41) is 7.39. The molecule has 2 rings (SSSR count). The molecule has 1 aliphatic heterocycles. The Morgan fingerprint density at radius 2 is 2.25 bits per heavy atom. The summed E-state index contributed by atoms with van der Waals surface area (Å²) < 4.78 is 2.93. The molecule has 0 atom stereocenters. The second kappa shape index (κ2) is 5.62. The van der Waals surface area contributed by atoms with Crippen molar-refractivity contribution in [2.45, 2.75) is 13.0 Å². The maximum Gasteiger partial charge on any atom is 0.224 e. The van der Waals surface area contributed by atoms with Crippen LogP contribution in [0.15, 0.2) is 12.4 Å². The fraction of sp³-hybridized carbons (Fsp3) is 0.600. The Morgan fingerprint density at radius 1 is 1.50 bits per heavy atom. The normalized spacial score (nSPS) is 16.4. The number of rotatable bonds is 3. The molecular weight excluding hydrogens is 319 g/mol. The van der Waals surface area contributed by atoms with Gasteiger partial charge in [-0.15, -0.1) is 0 Å². The van der Waals surface area contributed by atoms with Gasteiger partial charge in [-0.1, -0.05) is 0 Å². The van der Waals surface area contributed by atoms with Crippen LogP contribution in [-0.4, -0.2) is 46.8 Å². The summed E-state index contributed by atoms with van der Waals surface area (Å²) in [4.78, 5) is 13.8. The molecule has 0 bridgehead atoms. The molecule has 1 amide bonds. The number of carbonyl (C=O) groups is 1. The Hall–Kier alpha value is -0.630. The minimum absolute atomic E-state index is 0.229. The van der Waals surface area contributed by atoms with Crippen molar-refractivity contribution >= 4 is 28.5 Å². The number of carbonyl (C=O) groups excluding carboxylic acids is 1. The lowest BCUT2D eigenvalue weighted by molar-refractivity contribution is -0.132. The molecule has 0 unspecified atom stereocenters. The molecule has 16 heavy (non-hydrogen) atoms. The highest BCUT2D eigenvalue weighted by Crippen LogP contribution is 2.03. The third-order valence-electron chi connectivity index (χ3n) is 2.63. The fourth-order valence-electron chi connectivity index (χ4n) is 1.74. The molecule has 2 heterocycles. The van der Waals surface area contributed by atoms with Crippen LogP contribution in [0.2, 0.25) is 0 Å². The predicted octanol–water partition coefficient (Wildman–Crippen LogP) is 0.310. The molecule has 0 radical (unpaired) electrons. The maximum atomic E-state index is 11.8. The van der Waals surface area contributed by atoms with Crippen LogP contribution in [0.1, 0.15) is 6.42 Å². The minimum Gasteiger partial charge on any atom is -0.340 e. The molecule has 0 saturated carbocycles. The Bertz CT molecular complexity index is 359. The van der Waals surface area contributed by atoms with Gasteiger partial charge in [0.25, 0.3) is 0 Å². The first-order chi connectivity index (χ1) is 7.75. The standard InChI is InChI=1S/C10H15IN4O/c11-9-7-13-15(8-9)4-1-10(16)14-5-2-12-3-6-14/h7-8,12H,1-6H2. The van der Waals surface area contributed by atoms with E-state index in [9.17, 15) is 4.79 Å². The second-order valence-corrected chi connectivity index (χ2v) is 5.05. The number of aromatic nitrogens is 2. The minimum atomic E-state index is 0.229. The molecule has 5 nitrogen and oxygen atoms in total. The third-order valence-corrected chi connectivity index (χ3v) is 3.18. The van der Waals surface area contributed by atoms with Crippen molar-refractivity contribution in [2.75, 3.05) is 26.2 Å². The lowest BCUT2D eigenvalue weighted by Crippen LogP contribution is -2.46. The first kappa shape index (κ1) is 11.8. The van der Waals surface area contributed by atoms with Gasteiger partial charge in [-0.2, -0.15) is 5.10 Å². The molecule has 0 aliphatic carbocycles. The predicted molar refractivity (Wildman–Crippen MR) is 69.0 cm³/mol. The molecule has 1 aliphatic rings. The summed E-state index contributed by atoms with van der Waals surface area (Å²) in [5.41, 5.74) is 0. The van der Waals surface area contributed by atoms with E-state index in [0.29, 0.717) is 13.0 Å². The SMILES string of the molecule is O=C(CCn1cc(I)cn1)N1CCNCC1. The van der Waals surface area contributed by atoms with E-state index in [2.05, 4.69) is 33.0 Å². The van der Waals surface area contributed by atoms with E-state index in [-0.39, 0.29) is 5.91 Å². The van der Waals surface area contributed by atoms with Gasteiger partial charge in [0.2, 0.25) is 5.91 Å². The number of nitrogens with zero attached hydrogens (tertiary/aromatic N) is 3. The number of hydrogen-bond donors (Lipinski definition) is 1. The number of hydrogen-bond acceptors (Lipinski definition) is 3. The van der Waals surface area contributed by atoms with Crippen LogP contribution in [0.3, 0.4) is 0 Å². The quantitative estimate of drug-likeness (QED) is 0.810. The van der Waals surface area contributed by atoms with Gasteiger partial charge in [0, 0.05) is 45.3 Å². The van der Waals surface area contributed by atoms with Crippen LogP contribution < -0.4 is 5.32 Å². The number of aryl methyl sites for hydroxylation is 1. The summed E-state index contributed by atoms with van der Waals surface area (Å²) in [6.45, 7) is 4.15. The van der Waals surface area contributed by atoms with E-state index in [4.69, 9.17) is 0 Å². The van der Waals surface area contributed by atoms with Crippen molar-refractivity contribution in [3.63, 3.8) is 0 Å². The van der Waals surface area contributed by atoms with Crippen LogP contribution in [0.5, 0.6) is 0 Å². The van der Waals surface area contributed by atoms with E-state index in [1.54, 1.807) is 6.20 Å². The Morgan fingerprint density at radius 3 is 2.88 bits per heavy atom. The summed E-state index contributed by atoms with van der Waals surface area (Å²) in [5.74, 6) is 0.229. The summed E-state index contributed by atoms with van der Waals surface area (Å²) in [7, 11) is 0. The number of amides is 1. The number of piperazine rings is 1. The van der Waals surface area contributed by atoms with Crippen LogP contribution in [-0.2, 0) is 11.3 Å².